The molecule has 0 heterocycles. The molecule has 0 aliphatic rings. The van der Waals surface area contributed by atoms with Crippen molar-refractivity contribution in [2.24, 2.45) is 0 Å². The summed E-state index contributed by atoms with van der Waals surface area (Å²) in [6, 6.07) is 18.2. The summed E-state index contributed by atoms with van der Waals surface area (Å²) in [6.45, 7) is 4.22. The van der Waals surface area contributed by atoms with Gasteiger partial charge in [-0.3, -0.25) is 0 Å². The van der Waals surface area contributed by atoms with Gasteiger partial charge in [0.05, 0.1) is 6.10 Å². The SMILES string of the molecule is C=CC[C@H](O)CCc1ccc(OCc2ccccc2)cc1. The van der Waals surface area contributed by atoms with Crippen LogP contribution < -0.4 is 4.74 Å². The molecule has 0 amide bonds. The molecule has 0 bridgehead atoms. The summed E-state index contributed by atoms with van der Waals surface area (Å²) in [5, 5.41) is 9.68. The Bertz CT molecular complexity index is 531. The first-order valence-corrected chi connectivity index (χ1v) is 7.32. The Hall–Kier alpha value is -2.06. The van der Waals surface area contributed by atoms with Gasteiger partial charge in [-0.1, -0.05) is 48.5 Å². The maximum absolute atomic E-state index is 9.68. The van der Waals surface area contributed by atoms with Gasteiger partial charge in [0.15, 0.2) is 0 Å². The van der Waals surface area contributed by atoms with Crippen LogP contribution in [0.1, 0.15) is 24.0 Å². The zero-order valence-electron chi connectivity index (χ0n) is 12.2. The molecule has 0 radical (unpaired) electrons. The summed E-state index contributed by atoms with van der Waals surface area (Å²) in [6.07, 6.45) is 3.74. The Balaban J connectivity index is 1.80. The zero-order valence-corrected chi connectivity index (χ0v) is 12.2. The average Bonchev–Trinajstić information content (AvgIpc) is 2.53. The van der Waals surface area contributed by atoms with Crippen LogP contribution in [0.4, 0.5) is 0 Å². The quantitative estimate of drug-likeness (QED) is 0.737. The molecule has 2 aromatic rings. The molecule has 0 unspecified atom stereocenters. The van der Waals surface area contributed by atoms with Crippen LogP contribution in [0.25, 0.3) is 0 Å². The van der Waals surface area contributed by atoms with Gasteiger partial charge in [0, 0.05) is 0 Å². The van der Waals surface area contributed by atoms with Crippen molar-refractivity contribution >= 4 is 0 Å². The van der Waals surface area contributed by atoms with Crippen LogP contribution in [-0.2, 0) is 13.0 Å². The second-order valence-electron chi connectivity index (χ2n) is 5.14. The van der Waals surface area contributed by atoms with Crippen molar-refractivity contribution in [1.29, 1.82) is 0 Å². The maximum Gasteiger partial charge on any atom is 0.119 e. The van der Waals surface area contributed by atoms with Gasteiger partial charge >= 0.3 is 0 Å². The van der Waals surface area contributed by atoms with Crippen LogP contribution in [-0.4, -0.2) is 11.2 Å². The molecule has 2 aromatic carbocycles. The van der Waals surface area contributed by atoms with E-state index in [1.54, 1.807) is 6.08 Å². The van der Waals surface area contributed by atoms with Gasteiger partial charge in [-0.05, 0) is 42.5 Å². The number of hydrogen-bond donors (Lipinski definition) is 1. The van der Waals surface area contributed by atoms with Gasteiger partial charge in [-0.2, -0.15) is 0 Å². The molecule has 2 heteroatoms. The van der Waals surface area contributed by atoms with E-state index in [-0.39, 0.29) is 6.10 Å². The lowest BCUT2D eigenvalue weighted by Gasteiger charge is -2.09. The standard InChI is InChI=1S/C19H22O2/c1-2-6-18(20)12-9-16-10-13-19(14-11-16)21-15-17-7-4-3-5-8-17/h2-5,7-8,10-11,13-14,18,20H,1,6,9,12,15H2/t18-/m0/s1. The lowest BCUT2D eigenvalue weighted by Crippen LogP contribution is -2.06. The van der Waals surface area contributed by atoms with E-state index in [2.05, 4.69) is 30.8 Å². The first-order chi connectivity index (χ1) is 10.3. The molecule has 1 atom stereocenters. The lowest BCUT2D eigenvalue weighted by molar-refractivity contribution is 0.168. The fourth-order valence-electron chi connectivity index (χ4n) is 2.14. The lowest BCUT2D eigenvalue weighted by atomic mass is 10.1. The van der Waals surface area contributed by atoms with Gasteiger partial charge in [0.2, 0.25) is 0 Å². The number of rotatable bonds is 8. The third-order valence-corrected chi connectivity index (χ3v) is 3.38. The summed E-state index contributed by atoms with van der Waals surface area (Å²) in [5.74, 6) is 0.870. The van der Waals surface area contributed by atoms with E-state index >= 15 is 0 Å². The summed E-state index contributed by atoms with van der Waals surface area (Å²) >= 11 is 0. The van der Waals surface area contributed by atoms with Crippen LogP contribution >= 0.6 is 0 Å². The minimum absolute atomic E-state index is 0.295. The molecule has 0 aromatic heterocycles. The molecular weight excluding hydrogens is 260 g/mol. The van der Waals surface area contributed by atoms with Crippen molar-refractivity contribution in [1.82, 2.24) is 0 Å². The van der Waals surface area contributed by atoms with Crippen LogP contribution in [0.3, 0.4) is 0 Å². The van der Waals surface area contributed by atoms with Crippen LogP contribution in [0, 0.1) is 0 Å². The molecule has 0 aliphatic carbocycles. The van der Waals surface area contributed by atoms with E-state index in [4.69, 9.17) is 4.74 Å². The number of ether oxygens (including phenoxy) is 1. The predicted octanol–water partition coefficient (Wildman–Crippen LogP) is 4.14. The van der Waals surface area contributed by atoms with Crippen molar-refractivity contribution in [3.05, 3.63) is 78.4 Å². The molecule has 21 heavy (non-hydrogen) atoms. The van der Waals surface area contributed by atoms with E-state index < -0.39 is 0 Å². The highest BCUT2D eigenvalue weighted by Gasteiger charge is 2.03. The van der Waals surface area contributed by atoms with Crippen molar-refractivity contribution in [3.8, 4) is 5.75 Å². The Labute approximate surface area is 126 Å². The molecule has 0 spiro atoms. The summed E-state index contributed by atoms with van der Waals surface area (Å²) in [7, 11) is 0. The highest BCUT2D eigenvalue weighted by atomic mass is 16.5. The molecule has 0 saturated carbocycles. The predicted molar refractivity (Wildman–Crippen MR) is 86.4 cm³/mol. The van der Waals surface area contributed by atoms with Crippen molar-refractivity contribution in [2.75, 3.05) is 0 Å². The molecule has 1 N–H and O–H groups in total. The molecule has 2 nitrogen and oxygen atoms in total. The second kappa shape index (κ2) is 8.28. The van der Waals surface area contributed by atoms with E-state index in [1.165, 1.54) is 5.56 Å². The molecular formula is C19H22O2. The van der Waals surface area contributed by atoms with Crippen molar-refractivity contribution in [3.63, 3.8) is 0 Å². The maximum atomic E-state index is 9.68. The molecule has 0 aliphatic heterocycles. The minimum atomic E-state index is -0.295. The fourth-order valence-corrected chi connectivity index (χ4v) is 2.14. The fraction of sp³-hybridized carbons (Fsp3) is 0.263. The van der Waals surface area contributed by atoms with Gasteiger partial charge in [0.25, 0.3) is 0 Å². The van der Waals surface area contributed by atoms with E-state index in [0.29, 0.717) is 13.0 Å². The van der Waals surface area contributed by atoms with E-state index in [9.17, 15) is 5.11 Å². The molecule has 0 fully saturated rings. The number of aliphatic hydroxyl groups excluding tert-OH is 1. The van der Waals surface area contributed by atoms with Crippen molar-refractivity contribution in [2.45, 2.75) is 32.0 Å². The third-order valence-electron chi connectivity index (χ3n) is 3.38. The molecule has 110 valence electrons. The first kappa shape index (κ1) is 15.3. The Morgan fingerprint density at radius 2 is 1.71 bits per heavy atom. The second-order valence-corrected chi connectivity index (χ2v) is 5.14. The highest BCUT2D eigenvalue weighted by Crippen LogP contribution is 2.16. The molecule has 0 saturated heterocycles. The van der Waals surface area contributed by atoms with Crippen LogP contribution in [0.15, 0.2) is 67.3 Å². The highest BCUT2D eigenvalue weighted by molar-refractivity contribution is 5.28. The van der Waals surface area contributed by atoms with E-state index in [0.717, 1.165) is 24.2 Å². The average molecular weight is 282 g/mol. The summed E-state index contributed by atoms with van der Waals surface area (Å²) < 4.78 is 5.75. The van der Waals surface area contributed by atoms with Gasteiger partial charge in [-0.25, -0.2) is 0 Å². The van der Waals surface area contributed by atoms with Gasteiger partial charge in [0.1, 0.15) is 12.4 Å². The number of benzene rings is 2. The number of hydrogen-bond acceptors (Lipinski definition) is 2. The monoisotopic (exact) mass is 282 g/mol. The summed E-state index contributed by atoms with van der Waals surface area (Å²) in [5.41, 5.74) is 2.37. The number of aryl methyl sites for hydroxylation is 1. The topological polar surface area (TPSA) is 29.5 Å². The Kier molecular flexibility index (Phi) is 6.04. The zero-order chi connectivity index (χ0) is 14.9. The normalized spacial score (nSPS) is 11.9. The Morgan fingerprint density at radius 3 is 2.38 bits per heavy atom. The molecule has 2 rings (SSSR count). The van der Waals surface area contributed by atoms with Gasteiger partial charge < -0.3 is 9.84 Å². The summed E-state index contributed by atoms with van der Waals surface area (Å²) in [4.78, 5) is 0. The number of aliphatic hydroxyl groups is 1. The third kappa shape index (κ3) is 5.44. The Morgan fingerprint density at radius 1 is 1.00 bits per heavy atom. The largest absolute Gasteiger partial charge is 0.489 e. The van der Waals surface area contributed by atoms with Crippen LogP contribution in [0.5, 0.6) is 5.75 Å². The first-order valence-electron chi connectivity index (χ1n) is 7.32. The smallest absolute Gasteiger partial charge is 0.119 e. The van der Waals surface area contributed by atoms with Crippen molar-refractivity contribution < 1.29 is 9.84 Å². The van der Waals surface area contributed by atoms with Gasteiger partial charge in [-0.15, -0.1) is 6.58 Å². The van der Waals surface area contributed by atoms with Crippen LogP contribution in [0.2, 0.25) is 0 Å². The minimum Gasteiger partial charge on any atom is -0.489 e. The van der Waals surface area contributed by atoms with E-state index in [1.807, 2.05) is 30.3 Å².